The van der Waals surface area contributed by atoms with Crippen LogP contribution in [0.4, 0.5) is 0 Å². The average Bonchev–Trinajstić information content (AvgIpc) is 3.28. The minimum Gasteiger partial charge on any atom is -0.497 e. The predicted octanol–water partition coefficient (Wildman–Crippen LogP) is 4.08. The van der Waals surface area contributed by atoms with Crippen LogP contribution in [-0.4, -0.2) is 35.6 Å². The second-order valence-electron chi connectivity index (χ2n) is 6.84. The average molecular weight is 426 g/mol. The first-order chi connectivity index (χ1) is 15.7. The van der Waals surface area contributed by atoms with Crippen LogP contribution in [-0.2, 0) is 4.79 Å². The molecule has 0 atom stereocenters. The fraction of sp³-hybridized carbons (Fsp3) is 0.0800. The highest BCUT2D eigenvalue weighted by atomic mass is 16.5. The second kappa shape index (κ2) is 10.1. The zero-order chi connectivity index (χ0) is 22.2. The number of carbonyl (C=O) groups excluding carboxylic acids is 1. The maximum atomic E-state index is 12.1. The quantitative estimate of drug-likeness (QED) is 0.340. The number of hydrazone groups is 1. The first-order valence-corrected chi connectivity index (χ1v) is 10.0. The van der Waals surface area contributed by atoms with Gasteiger partial charge in [-0.15, -0.1) is 0 Å². The van der Waals surface area contributed by atoms with Crippen LogP contribution in [0.2, 0.25) is 0 Å². The highest BCUT2D eigenvalue weighted by Gasteiger charge is 2.11. The molecule has 32 heavy (non-hydrogen) atoms. The van der Waals surface area contributed by atoms with Gasteiger partial charge in [-0.05, 0) is 48.5 Å². The van der Waals surface area contributed by atoms with E-state index in [1.807, 2.05) is 79.0 Å². The van der Waals surface area contributed by atoms with E-state index in [1.165, 1.54) is 0 Å². The van der Waals surface area contributed by atoms with Crippen LogP contribution in [0.15, 0.2) is 96.2 Å². The number of nitrogens with zero attached hydrogens (tertiary/aromatic N) is 3. The molecule has 1 heterocycles. The summed E-state index contributed by atoms with van der Waals surface area (Å²) < 4.78 is 12.5. The number of rotatable bonds is 8. The lowest BCUT2D eigenvalue weighted by molar-refractivity contribution is -0.123. The Morgan fingerprint density at radius 3 is 2.34 bits per heavy atom. The van der Waals surface area contributed by atoms with E-state index in [9.17, 15) is 4.79 Å². The molecule has 1 aromatic heterocycles. The standard InChI is InChI=1S/C25H22N4O3/c1-31-22-14-12-19(13-15-22)25-20(17-29(28-25)21-8-4-2-5-9-21)16-26-27-24(30)18-32-23-10-6-3-7-11-23/h2-17H,18H2,1H3,(H,27,30)/b26-16+. The smallest absolute Gasteiger partial charge is 0.277 e. The Balaban J connectivity index is 1.52. The predicted molar refractivity (Wildman–Crippen MR) is 123 cm³/mol. The van der Waals surface area contributed by atoms with Crippen molar-refractivity contribution in [3.63, 3.8) is 0 Å². The number of para-hydroxylation sites is 2. The van der Waals surface area contributed by atoms with Crippen LogP contribution in [0.3, 0.4) is 0 Å². The lowest BCUT2D eigenvalue weighted by Crippen LogP contribution is -2.24. The number of amides is 1. The molecule has 0 saturated carbocycles. The van der Waals surface area contributed by atoms with Gasteiger partial charge in [0.1, 0.15) is 17.2 Å². The Morgan fingerprint density at radius 2 is 1.66 bits per heavy atom. The summed E-state index contributed by atoms with van der Waals surface area (Å²) in [6.45, 7) is -0.129. The summed E-state index contributed by atoms with van der Waals surface area (Å²) in [6.07, 6.45) is 3.44. The molecule has 0 saturated heterocycles. The maximum absolute atomic E-state index is 12.1. The molecule has 0 spiro atoms. The van der Waals surface area contributed by atoms with Gasteiger partial charge in [-0.2, -0.15) is 10.2 Å². The van der Waals surface area contributed by atoms with Gasteiger partial charge < -0.3 is 9.47 Å². The molecule has 160 valence electrons. The van der Waals surface area contributed by atoms with Gasteiger partial charge in [0.15, 0.2) is 6.61 Å². The van der Waals surface area contributed by atoms with Gasteiger partial charge in [-0.3, -0.25) is 4.79 Å². The Labute approximate surface area is 185 Å². The van der Waals surface area contributed by atoms with Crippen molar-refractivity contribution < 1.29 is 14.3 Å². The SMILES string of the molecule is COc1ccc(-c2nn(-c3ccccc3)cc2/C=N/NC(=O)COc2ccccc2)cc1. The van der Waals surface area contributed by atoms with Crippen molar-refractivity contribution in [1.82, 2.24) is 15.2 Å². The molecule has 0 fully saturated rings. The Hall–Kier alpha value is -4.39. The van der Waals surface area contributed by atoms with Crippen LogP contribution < -0.4 is 14.9 Å². The molecule has 0 bridgehead atoms. The first kappa shape index (κ1) is 20.9. The fourth-order valence-corrected chi connectivity index (χ4v) is 3.04. The zero-order valence-electron chi connectivity index (χ0n) is 17.5. The number of methoxy groups -OCH3 is 1. The fourth-order valence-electron chi connectivity index (χ4n) is 3.04. The maximum Gasteiger partial charge on any atom is 0.277 e. The molecular weight excluding hydrogens is 404 g/mol. The first-order valence-electron chi connectivity index (χ1n) is 10.0. The number of ether oxygens (including phenoxy) is 2. The van der Waals surface area contributed by atoms with Gasteiger partial charge in [-0.1, -0.05) is 36.4 Å². The summed E-state index contributed by atoms with van der Waals surface area (Å²) >= 11 is 0. The van der Waals surface area contributed by atoms with E-state index in [1.54, 1.807) is 30.1 Å². The normalized spacial score (nSPS) is 10.8. The van der Waals surface area contributed by atoms with Crippen LogP contribution >= 0.6 is 0 Å². The van der Waals surface area contributed by atoms with Crippen molar-refractivity contribution in [1.29, 1.82) is 0 Å². The monoisotopic (exact) mass is 426 g/mol. The molecule has 0 aliphatic rings. The van der Waals surface area contributed by atoms with E-state index in [0.29, 0.717) is 5.75 Å². The number of benzene rings is 3. The van der Waals surface area contributed by atoms with Gasteiger partial charge in [0.2, 0.25) is 0 Å². The van der Waals surface area contributed by atoms with Crippen LogP contribution in [0.5, 0.6) is 11.5 Å². The second-order valence-corrected chi connectivity index (χ2v) is 6.84. The largest absolute Gasteiger partial charge is 0.497 e. The Bertz CT molecular complexity index is 1190. The van der Waals surface area contributed by atoms with Crippen LogP contribution in [0.1, 0.15) is 5.56 Å². The third kappa shape index (κ3) is 5.20. The molecule has 0 aliphatic carbocycles. The van der Waals surface area contributed by atoms with E-state index < -0.39 is 0 Å². The summed E-state index contributed by atoms with van der Waals surface area (Å²) in [5, 5.41) is 8.83. The molecule has 1 amide bonds. The number of nitrogens with one attached hydrogen (secondary N) is 1. The number of aromatic nitrogens is 2. The molecule has 7 nitrogen and oxygen atoms in total. The van der Waals surface area contributed by atoms with E-state index in [4.69, 9.17) is 14.6 Å². The van der Waals surface area contributed by atoms with Gasteiger partial charge in [-0.25, -0.2) is 10.1 Å². The lowest BCUT2D eigenvalue weighted by atomic mass is 10.1. The Morgan fingerprint density at radius 1 is 0.969 bits per heavy atom. The van der Waals surface area contributed by atoms with Crippen molar-refractivity contribution in [3.8, 4) is 28.4 Å². The molecule has 4 rings (SSSR count). The molecule has 0 aliphatic heterocycles. The van der Waals surface area contributed by atoms with Crippen molar-refractivity contribution >= 4 is 12.1 Å². The van der Waals surface area contributed by atoms with Gasteiger partial charge in [0, 0.05) is 17.3 Å². The van der Waals surface area contributed by atoms with Crippen molar-refractivity contribution in [2.75, 3.05) is 13.7 Å². The summed E-state index contributed by atoms with van der Waals surface area (Å²) in [7, 11) is 1.63. The van der Waals surface area contributed by atoms with E-state index in [0.717, 1.165) is 28.3 Å². The van der Waals surface area contributed by atoms with E-state index in [-0.39, 0.29) is 12.5 Å². The molecule has 1 N–H and O–H groups in total. The number of hydrogen-bond donors (Lipinski definition) is 1. The molecule has 4 aromatic rings. The highest BCUT2D eigenvalue weighted by molar-refractivity contribution is 5.89. The summed E-state index contributed by atoms with van der Waals surface area (Å²) in [5.41, 5.74) is 5.80. The van der Waals surface area contributed by atoms with Gasteiger partial charge in [0.05, 0.1) is 19.0 Å². The topological polar surface area (TPSA) is 77.7 Å². The summed E-state index contributed by atoms with van der Waals surface area (Å²) in [6, 6.07) is 26.5. The third-order valence-electron chi connectivity index (χ3n) is 4.63. The summed E-state index contributed by atoms with van der Waals surface area (Å²) in [4.78, 5) is 12.1. The minimum absolute atomic E-state index is 0.129. The van der Waals surface area contributed by atoms with Crippen LogP contribution in [0, 0.1) is 0 Å². The summed E-state index contributed by atoms with van der Waals surface area (Å²) in [5.74, 6) is 1.03. The Kier molecular flexibility index (Phi) is 6.57. The van der Waals surface area contributed by atoms with Crippen molar-refractivity contribution in [2.24, 2.45) is 5.10 Å². The van der Waals surface area contributed by atoms with Crippen molar-refractivity contribution in [2.45, 2.75) is 0 Å². The number of carbonyl (C=O) groups is 1. The highest BCUT2D eigenvalue weighted by Crippen LogP contribution is 2.25. The lowest BCUT2D eigenvalue weighted by Gasteiger charge is -2.04. The molecule has 0 unspecified atom stereocenters. The third-order valence-corrected chi connectivity index (χ3v) is 4.63. The van der Waals surface area contributed by atoms with E-state index >= 15 is 0 Å². The molecule has 3 aromatic carbocycles. The molecule has 0 radical (unpaired) electrons. The van der Waals surface area contributed by atoms with Gasteiger partial charge >= 0.3 is 0 Å². The molecular formula is C25H22N4O3. The van der Waals surface area contributed by atoms with Crippen molar-refractivity contribution in [3.05, 3.63) is 96.7 Å². The zero-order valence-corrected chi connectivity index (χ0v) is 17.5. The number of hydrogen-bond acceptors (Lipinski definition) is 5. The van der Waals surface area contributed by atoms with Crippen LogP contribution in [0.25, 0.3) is 16.9 Å². The minimum atomic E-state index is -0.355. The van der Waals surface area contributed by atoms with Gasteiger partial charge in [0.25, 0.3) is 5.91 Å². The van der Waals surface area contributed by atoms with E-state index in [2.05, 4.69) is 10.5 Å². The molecule has 7 heteroatoms.